The summed E-state index contributed by atoms with van der Waals surface area (Å²) in [6.07, 6.45) is 1.10. The van der Waals surface area contributed by atoms with Gasteiger partial charge in [0.15, 0.2) is 0 Å². The smallest absolute Gasteiger partial charge is 0.0621 e. The zero-order valence-electron chi connectivity index (χ0n) is 12.5. The minimum Gasteiger partial charge on any atom is -0.392 e. The third-order valence-corrected chi connectivity index (χ3v) is 4.78. The highest BCUT2D eigenvalue weighted by molar-refractivity contribution is 7.17. The van der Waals surface area contributed by atoms with Crippen LogP contribution in [0.3, 0.4) is 0 Å². The summed E-state index contributed by atoms with van der Waals surface area (Å²) < 4.78 is 1.30. The van der Waals surface area contributed by atoms with Gasteiger partial charge in [-0.2, -0.15) is 0 Å². The monoisotopic (exact) mass is 296 g/mol. The van der Waals surface area contributed by atoms with E-state index in [1.54, 1.807) is 11.3 Å². The van der Waals surface area contributed by atoms with Crippen LogP contribution < -0.4 is 0 Å². The Morgan fingerprint density at radius 3 is 2.48 bits per heavy atom. The average Bonchev–Trinajstić information content (AvgIpc) is 2.81. The quantitative estimate of drug-likeness (QED) is 0.742. The van der Waals surface area contributed by atoms with Crippen LogP contribution in [-0.2, 0) is 12.8 Å². The lowest BCUT2D eigenvalue weighted by atomic mass is 9.98. The molecule has 3 rings (SSSR count). The third-order valence-electron chi connectivity index (χ3n) is 3.77. The van der Waals surface area contributed by atoms with Gasteiger partial charge in [-0.15, -0.1) is 11.3 Å². The van der Waals surface area contributed by atoms with Crippen molar-refractivity contribution in [3.63, 3.8) is 0 Å². The van der Waals surface area contributed by atoms with Crippen LogP contribution in [0.15, 0.2) is 47.8 Å². The molecule has 1 aromatic heterocycles. The second-order valence-corrected chi connectivity index (χ2v) is 6.73. The van der Waals surface area contributed by atoms with Crippen molar-refractivity contribution >= 4 is 21.4 Å². The molecular weight excluding hydrogens is 276 g/mol. The van der Waals surface area contributed by atoms with Gasteiger partial charge in [-0.3, -0.25) is 0 Å². The van der Waals surface area contributed by atoms with Crippen molar-refractivity contribution in [2.75, 3.05) is 0 Å². The molecule has 0 aliphatic heterocycles. The lowest BCUT2D eigenvalue weighted by molar-refractivity contribution is 0.176. The maximum atomic E-state index is 10.4. The fourth-order valence-electron chi connectivity index (χ4n) is 2.98. The second-order valence-electron chi connectivity index (χ2n) is 5.82. The summed E-state index contributed by atoms with van der Waals surface area (Å²) in [4.78, 5) is 0. The molecule has 0 saturated carbocycles. The van der Waals surface area contributed by atoms with Crippen LogP contribution in [0.4, 0.5) is 0 Å². The van der Waals surface area contributed by atoms with Crippen molar-refractivity contribution in [2.24, 2.45) is 0 Å². The van der Waals surface area contributed by atoms with Gasteiger partial charge in [-0.05, 0) is 48.2 Å². The first-order valence-corrected chi connectivity index (χ1v) is 8.20. The van der Waals surface area contributed by atoms with E-state index in [1.165, 1.54) is 32.3 Å². The Kier molecular flexibility index (Phi) is 4.09. The molecular formula is C19H20OS. The summed E-state index contributed by atoms with van der Waals surface area (Å²) >= 11 is 1.76. The van der Waals surface area contributed by atoms with E-state index in [2.05, 4.69) is 61.7 Å². The predicted molar refractivity (Wildman–Crippen MR) is 91.2 cm³/mol. The number of aliphatic hydroxyl groups excluding tert-OH is 1. The lowest BCUT2D eigenvalue weighted by Crippen LogP contribution is -2.13. The number of thiophene rings is 1. The number of aryl methyl sites for hydroxylation is 2. The molecule has 108 valence electrons. The zero-order valence-corrected chi connectivity index (χ0v) is 13.3. The summed E-state index contributed by atoms with van der Waals surface area (Å²) in [7, 11) is 0. The molecule has 1 nitrogen and oxygen atoms in total. The number of hydrogen-bond acceptors (Lipinski definition) is 2. The van der Waals surface area contributed by atoms with Gasteiger partial charge in [0.05, 0.1) is 6.10 Å². The molecule has 21 heavy (non-hydrogen) atoms. The predicted octanol–water partition coefficient (Wildman–Crippen LogP) is 4.66. The molecule has 1 unspecified atom stereocenters. The highest BCUT2D eigenvalue weighted by atomic mass is 32.1. The number of fused-ring (bicyclic) bond motifs is 1. The van der Waals surface area contributed by atoms with E-state index < -0.39 is 0 Å². The van der Waals surface area contributed by atoms with Crippen LogP contribution in [0.5, 0.6) is 0 Å². The number of rotatable bonds is 4. The maximum absolute atomic E-state index is 10.4. The van der Waals surface area contributed by atoms with Gasteiger partial charge < -0.3 is 5.11 Å². The molecule has 0 fully saturated rings. The van der Waals surface area contributed by atoms with Gasteiger partial charge in [0.1, 0.15) is 0 Å². The van der Waals surface area contributed by atoms with E-state index in [-0.39, 0.29) is 6.10 Å². The van der Waals surface area contributed by atoms with Crippen molar-refractivity contribution < 1.29 is 5.11 Å². The minimum absolute atomic E-state index is 0.329. The number of hydrogen-bond donors (Lipinski definition) is 1. The van der Waals surface area contributed by atoms with Gasteiger partial charge in [0, 0.05) is 11.1 Å². The normalized spacial score (nSPS) is 12.7. The molecule has 2 aromatic carbocycles. The first-order valence-electron chi connectivity index (χ1n) is 7.32. The Balaban J connectivity index is 1.75. The van der Waals surface area contributed by atoms with Crippen LogP contribution in [0.2, 0.25) is 0 Å². The molecule has 0 amide bonds. The average molecular weight is 296 g/mol. The van der Waals surface area contributed by atoms with E-state index in [9.17, 15) is 5.11 Å². The molecule has 2 heteroatoms. The highest BCUT2D eigenvalue weighted by Gasteiger charge is 2.11. The van der Waals surface area contributed by atoms with Crippen LogP contribution >= 0.6 is 11.3 Å². The van der Waals surface area contributed by atoms with Crippen molar-refractivity contribution in [2.45, 2.75) is 32.8 Å². The first kappa shape index (κ1) is 14.3. The molecule has 0 saturated heterocycles. The molecule has 0 aliphatic carbocycles. The van der Waals surface area contributed by atoms with Crippen LogP contribution in [0.25, 0.3) is 10.1 Å². The Hall–Kier alpha value is -1.64. The van der Waals surface area contributed by atoms with Gasteiger partial charge in [0.2, 0.25) is 0 Å². The summed E-state index contributed by atoms with van der Waals surface area (Å²) in [5.74, 6) is 0. The van der Waals surface area contributed by atoms with Gasteiger partial charge in [-0.1, -0.05) is 47.5 Å². The number of aliphatic hydroxyl groups is 1. The maximum Gasteiger partial charge on any atom is 0.0621 e. The van der Waals surface area contributed by atoms with Crippen molar-refractivity contribution in [1.29, 1.82) is 0 Å². The standard InChI is InChI=1S/C19H20OS/c1-13-7-14(2)9-15(8-13)10-17(20)11-16-12-21-19-6-4-3-5-18(16)19/h3-9,12,17,20H,10-11H2,1-2H3. The highest BCUT2D eigenvalue weighted by Crippen LogP contribution is 2.27. The van der Waals surface area contributed by atoms with Gasteiger partial charge in [-0.25, -0.2) is 0 Å². The minimum atomic E-state index is -0.329. The van der Waals surface area contributed by atoms with E-state index >= 15 is 0 Å². The summed E-state index contributed by atoms with van der Waals surface area (Å²) in [5, 5.41) is 13.9. The van der Waals surface area contributed by atoms with Gasteiger partial charge in [0.25, 0.3) is 0 Å². The fraction of sp³-hybridized carbons (Fsp3) is 0.263. The Bertz CT molecular complexity index is 737. The molecule has 0 aliphatic rings. The van der Waals surface area contributed by atoms with Crippen molar-refractivity contribution in [3.05, 3.63) is 70.1 Å². The topological polar surface area (TPSA) is 20.2 Å². The Morgan fingerprint density at radius 2 is 1.71 bits per heavy atom. The SMILES string of the molecule is Cc1cc(C)cc(CC(O)Cc2csc3ccccc23)c1. The van der Waals surface area contributed by atoms with Crippen molar-refractivity contribution in [1.82, 2.24) is 0 Å². The zero-order chi connectivity index (χ0) is 14.8. The summed E-state index contributed by atoms with van der Waals surface area (Å²) in [5.41, 5.74) is 5.00. The van der Waals surface area contributed by atoms with Crippen molar-refractivity contribution in [3.8, 4) is 0 Å². The molecule has 0 spiro atoms. The summed E-state index contributed by atoms with van der Waals surface area (Å²) in [6, 6.07) is 14.9. The molecule has 1 atom stereocenters. The number of benzene rings is 2. The lowest BCUT2D eigenvalue weighted by Gasteiger charge is -2.11. The van der Waals surface area contributed by atoms with E-state index in [1.807, 2.05) is 0 Å². The summed E-state index contributed by atoms with van der Waals surface area (Å²) in [6.45, 7) is 4.21. The fourth-order valence-corrected chi connectivity index (χ4v) is 3.95. The van der Waals surface area contributed by atoms with Crippen LogP contribution in [0.1, 0.15) is 22.3 Å². The molecule has 1 heterocycles. The van der Waals surface area contributed by atoms with E-state index in [0.717, 1.165) is 6.42 Å². The molecule has 0 bridgehead atoms. The Morgan fingerprint density at radius 1 is 1.00 bits per heavy atom. The van der Waals surface area contributed by atoms with E-state index in [4.69, 9.17) is 0 Å². The van der Waals surface area contributed by atoms with Gasteiger partial charge >= 0.3 is 0 Å². The Labute approximate surface area is 129 Å². The third kappa shape index (κ3) is 3.34. The molecule has 1 N–H and O–H groups in total. The first-order chi connectivity index (χ1) is 10.1. The second kappa shape index (κ2) is 6.00. The largest absolute Gasteiger partial charge is 0.392 e. The van der Waals surface area contributed by atoms with E-state index in [0.29, 0.717) is 6.42 Å². The molecule has 3 aromatic rings. The van der Waals surface area contributed by atoms with Crippen LogP contribution in [-0.4, -0.2) is 11.2 Å². The van der Waals surface area contributed by atoms with Crippen LogP contribution in [0, 0.1) is 13.8 Å². The molecule has 0 radical (unpaired) electrons.